The van der Waals surface area contributed by atoms with E-state index >= 15 is 0 Å². The van der Waals surface area contributed by atoms with E-state index in [1.807, 2.05) is 29.6 Å². The molecular weight excluding hydrogens is 342 g/mol. The van der Waals surface area contributed by atoms with Gasteiger partial charge in [0.05, 0.1) is 4.88 Å². The van der Waals surface area contributed by atoms with Crippen LogP contribution in [0.15, 0.2) is 46.3 Å². The lowest BCUT2D eigenvalue weighted by atomic mass is 9.96. The van der Waals surface area contributed by atoms with Crippen molar-refractivity contribution >= 4 is 22.9 Å². The molecule has 0 aliphatic carbocycles. The number of likely N-dealkylation sites (tertiary alicyclic amines) is 1. The first-order valence-electron chi connectivity index (χ1n) is 8.12. The van der Waals surface area contributed by atoms with E-state index in [1.165, 1.54) is 5.56 Å². The summed E-state index contributed by atoms with van der Waals surface area (Å²) in [6.45, 7) is 3.06. The Bertz CT molecular complexity index is 777. The Balaban J connectivity index is 1.35. The van der Waals surface area contributed by atoms with Gasteiger partial charge in [0.1, 0.15) is 0 Å². The number of rotatable bonds is 4. The molecule has 1 saturated heterocycles. The average molecular weight is 360 g/mol. The number of aromatic nitrogens is 2. The third-order valence-electron chi connectivity index (χ3n) is 4.44. The maximum absolute atomic E-state index is 5.94. The number of hydrogen-bond acceptors (Lipinski definition) is 5. The summed E-state index contributed by atoms with van der Waals surface area (Å²) in [6, 6.07) is 12.1. The van der Waals surface area contributed by atoms with Crippen LogP contribution in [0.3, 0.4) is 0 Å². The van der Waals surface area contributed by atoms with Gasteiger partial charge < -0.3 is 4.52 Å². The molecule has 3 aromatic rings. The van der Waals surface area contributed by atoms with Crippen LogP contribution < -0.4 is 0 Å². The Kier molecular flexibility index (Phi) is 4.65. The van der Waals surface area contributed by atoms with Gasteiger partial charge in [-0.1, -0.05) is 35.0 Å². The molecule has 24 heavy (non-hydrogen) atoms. The van der Waals surface area contributed by atoms with E-state index in [0.717, 1.165) is 48.3 Å². The first-order chi connectivity index (χ1) is 11.8. The van der Waals surface area contributed by atoms with Gasteiger partial charge in [-0.2, -0.15) is 4.98 Å². The Morgan fingerprint density at radius 2 is 1.96 bits per heavy atom. The van der Waals surface area contributed by atoms with Gasteiger partial charge in [0.2, 0.25) is 11.7 Å². The van der Waals surface area contributed by atoms with Crippen molar-refractivity contribution in [2.45, 2.75) is 25.3 Å². The van der Waals surface area contributed by atoms with Gasteiger partial charge in [-0.3, -0.25) is 4.90 Å². The van der Waals surface area contributed by atoms with Crippen molar-refractivity contribution in [1.82, 2.24) is 15.0 Å². The van der Waals surface area contributed by atoms with Crippen molar-refractivity contribution in [3.05, 3.63) is 58.3 Å². The summed E-state index contributed by atoms with van der Waals surface area (Å²) in [5, 5.41) is 6.94. The van der Waals surface area contributed by atoms with E-state index < -0.39 is 0 Å². The van der Waals surface area contributed by atoms with Gasteiger partial charge in [0, 0.05) is 17.5 Å². The molecule has 0 bridgehead atoms. The highest BCUT2D eigenvalue weighted by molar-refractivity contribution is 7.13. The molecule has 1 aromatic carbocycles. The fraction of sp³-hybridized carbons (Fsp3) is 0.333. The predicted molar refractivity (Wildman–Crippen MR) is 96.3 cm³/mol. The lowest BCUT2D eigenvalue weighted by Gasteiger charge is -2.30. The van der Waals surface area contributed by atoms with Crippen molar-refractivity contribution in [2.75, 3.05) is 13.1 Å². The van der Waals surface area contributed by atoms with E-state index in [9.17, 15) is 0 Å². The summed E-state index contributed by atoms with van der Waals surface area (Å²) in [4.78, 5) is 8.12. The fourth-order valence-electron chi connectivity index (χ4n) is 3.09. The van der Waals surface area contributed by atoms with Gasteiger partial charge in [-0.05, 0) is 55.1 Å². The normalized spacial score (nSPS) is 16.5. The lowest BCUT2D eigenvalue weighted by molar-refractivity contribution is 0.187. The molecule has 4 rings (SSSR count). The zero-order valence-electron chi connectivity index (χ0n) is 13.2. The van der Waals surface area contributed by atoms with Crippen molar-refractivity contribution in [3.8, 4) is 10.7 Å². The molecule has 124 valence electrons. The van der Waals surface area contributed by atoms with Gasteiger partial charge in [0.25, 0.3) is 0 Å². The highest BCUT2D eigenvalue weighted by Crippen LogP contribution is 2.30. The van der Waals surface area contributed by atoms with Gasteiger partial charge >= 0.3 is 0 Å². The van der Waals surface area contributed by atoms with Crippen LogP contribution in [0.4, 0.5) is 0 Å². The van der Waals surface area contributed by atoms with Crippen LogP contribution in [0.5, 0.6) is 0 Å². The van der Waals surface area contributed by atoms with E-state index in [1.54, 1.807) is 11.3 Å². The third kappa shape index (κ3) is 3.53. The highest BCUT2D eigenvalue weighted by atomic mass is 35.5. The minimum absolute atomic E-state index is 0.368. The second kappa shape index (κ2) is 7.05. The van der Waals surface area contributed by atoms with Crippen LogP contribution in [0, 0.1) is 0 Å². The monoisotopic (exact) mass is 359 g/mol. The number of thiophene rings is 1. The molecule has 6 heteroatoms. The molecule has 0 atom stereocenters. The number of benzene rings is 1. The summed E-state index contributed by atoms with van der Waals surface area (Å²) >= 11 is 7.58. The zero-order chi connectivity index (χ0) is 16.4. The topological polar surface area (TPSA) is 42.2 Å². The van der Waals surface area contributed by atoms with Crippen LogP contribution in [-0.2, 0) is 6.54 Å². The molecule has 3 heterocycles. The molecule has 0 unspecified atom stereocenters. The molecule has 0 saturated carbocycles. The highest BCUT2D eigenvalue weighted by Gasteiger charge is 2.25. The quantitative estimate of drug-likeness (QED) is 0.669. The van der Waals surface area contributed by atoms with Gasteiger partial charge in [0.15, 0.2) is 0 Å². The summed E-state index contributed by atoms with van der Waals surface area (Å²) in [5.41, 5.74) is 1.30. The van der Waals surface area contributed by atoms with Crippen molar-refractivity contribution < 1.29 is 4.52 Å². The van der Waals surface area contributed by atoms with Crippen LogP contribution >= 0.6 is 22.9 Å². The predicted octanol–water partition coefficient (Wildman–Crippen LogP) is 4.83. The summed E-state index contributed by atoms with van der Waals surface area (Å²) in [5.74, 6) is 1.86. The van der Waals surface area contributed by atoms with E-state index in [4.69, 9.17) is 16.1 Å². The fourth-order valence-corrected chi connectivity index (χ4v) is 3.87. The number of piperidine rings is 1. The van der Waals surface area contributed by atoms with Crippen molar-refractivity contribution in [2.24, 2.45) is 0 Å². The minimum Gasteiger partial charge on any atom is -0.339 e. The lowest BCUT2D eigenvalue weighted by Crippen LogP contribution is -2.32. The SMILES string of the molecule is Clc1ccc(CN2CCC(c3nc(-c4cccs4)no3)CC2)cc1. The first kappa shape index (κ1) is 15.8. The second-order valence-corrected chi connectivity index (χ2v) is 7.49. The molecule has 0 spiro atoms. The number of nitrogens with zero attached hydrogens (tertiary/aromatic N) is 3. The van der Waals surface area contributed by atoms with E-state index in [2.05, 4.69) is 27.2 Å². The van der Waals surface area contributed by atoms with Crippen molar-refractivity contribution in [3.63, 3.8) is 0 Å². The largest absolute Gasteiger partial charge is 0.339 e. The van der Waals surface area contributed by atoms with E-state index in [-0.39, 0.29) is 0 Å². The molecule has 0 N–H and O–H groups in total. The third-order valence-corrected chi connectivity index (χ3v) is 5.56. The average Bonchev–Trinajstić information content (AvgIpc) is 3.29. The van der Waals surface area contributed by atoms with E-state index in [0.29, 0.717) is 11.7 Å². The van der Waals surface area contributed by atoms with Crippen molar-refractivity contribution in [1.29, 1.82) is 0 Å². The van der Waals surface area contributed by atoms with Crippen LogP contribution in [0.1, 0.15) is 30.2 Å². The Morgan fingerprint density at radius 3 is 2.67 bits per heavy atom. The molecule has 4 nitrogen and oxygen atoms in total. The Morgan fingerprint density at radius 1 is 1.17 bits per heavy atom. The standard InChI is InChI=1S/C18H18ClN3OS/c19-15-5-3-13(4-6-15)12-22-9-7-14(8-10-22)18-20-17(21-23-18)16-2-1-11-24-16/h1-6,11,14H,7-10,12H2. The number of halogens is 1. The molecular formula is C18H18ClN3OS. The first-order valence-corrected chi connectivity index (χ1v) is 9.38. The molecule has 1 aliphatic rings. The smallest absolute Gasteiger partial charge is 0.230 e. The molecule has 0 radical (unpaired) electrons. The summed E-state index contributed by atoms with van der Waals surface area (Å²) in [6.07, 6.45) is 2.11. The zero-order valence-corrected chi connectivity index (χ0v) is 14.8. The Hall–Kier alpha value is -1.69. The maximum atomic E-state index is 5.94. The number of hydrogen-bond donors (Lipinski definition) is 0. The maximum Gasteiger partial charge on any atom is 0.230 e. The van der Waals surface area contributed by atoms with Gasteiger partial charge in [-0.25, -0.2) is 0 Å². The summed E-state index contributed by atoms with van der Waals surface area (Å²) in [7, 11) is 0. The molecule has 2 aromatic heterocycles. The van der Waals surface area contributed by atoms with Crippen LogP contribution in [-0.4, -0.2) is 28.1 Å². The van der Waals surface area contributed by atoms with Gasteiger partial charge in [-0.15, -0.1) is 11.3 Å². The second-order valence-electron chi connectivity index (χ2n) is 6.11. The minimum atomic E-state index is 0.368. The molecule has 1 aliphatic heterocycles. The Labute approximate surface area is 150 Å². The van der Waals surface area contributed by atoms with Crippen LogP contribution in [0.25, 0.3) is 10.7 Å². The van der Waals surface area contributed by atoms with Crippen LogP contribution in [0.2, 0.25) is 5.02 Å². The molecule has 1 fully saturated rings. The molecule has 0 amide bonds. The summed E-state index contributed by atoms with van der Waals surface area (Å²) < 4.78 is 5.51.